The number of rotatable bonds is 4. The first-order chi connectivity index (χ1) is 26.8. The van der Waals surface area contributed by atoms with Gasteiger partial charge in [0.1, 0.15) is 11.5 Å². The zero-order valence-corrected chi connectivity index (χ0v) is 29.1. The van der Waals surface area contributed by atoms with Crippen LogP contribution in [0.1, 0.15) is 22.3 Å². The Hall–Kier alpha value is -7.17. The smallest absolute Gasteiger partial charge is 0.164 e. The van der Waals surface area contributed by atoms with Crippen molar-refractivity contribution < 1.29 is 4.74 Å². The van der Waals surface area contributed by atoms with Gasteiger partial charge in [-0.1, -0.05) is 164 Å². The summed E-state index contributed by atoms with van der Waals surface area (Å²) >= 11 is 0. The van der Waals surface area contributed by atoms with E-state index in [1.807, 2.05) is 60.7 Å². The lowest BCUT2D eigenvalue weighted by Gasteiger charge is -2.39. The highest BCUT2D eigenvalue weighted by Gasteiger charge is 2.50. The molecule has 0 atom stereocenters. The van der Waals surface area contributed by atoms with E-state index in [-0.39, 0.29) is 0 Å². The number of nitrogens with zero attached hydrogens (tertiary/aromatic N) is 3. The molecule has 0 amide bonds. The Morgan fingerprint density at radius 1 is 0.333 bits per heavy atom. The van der Waals surface area contributed by atoms with Gasteiger partial charge in [-0.3, -0.25) is 0 Å². The molecule has 1 aliphatic carbocycles. The van der Waals surface area contributed by atoms with E-state index in [9.17, 15) is 0 Å². The van der Waals surface area contributed by atoms with Crippen LogP contribution in [0, 0.1) is 0 Å². The molecule has 252 valence electrons. The molecule has 0 bridgehead atoms. The van der Waals surface area contributed by atoms with Crippen molar-refractivity contribution in [1.29, 1.82) is 0 Å². The quantitative estimate of drug-likeness (QED) is 0.185. The number of hydrogen-bond donors (Lipinski definition) is 0. The van der Waals surface area contributed by atoms with Crippen molar-refractivity contribution in [1.82, 2.24) is 15.0 Å². The Balaban J connectivity index is 1.06. The molecule has 4 heteroatoms. The molecule has 0 saturated heterocycles. The maximum absolute atomic E-state index is 6.52. The van der Waals surface area contributed by atoms with Crippen LogP contribution in [0.5, 0.6) is 11.5 Å². The number of para-hydroxylation sites is 2. The van der Waals surface area contributed by atoms with Crippen LogP contribution < -0.4 is 4.74 Å². The van der Waals surface area contributed by atoms with E-state index >= 15 is 0 Å². The van der Waals surface area contributed by atoms with Crippen LogP contribution >= 0.6 is 0 Å². The Labute approximate surface area is 313 Å². The molecule has 1 aliphatic heterocycles. The average molecular weight is 690 g/mol. The molecule has 0 fully saturated rings. The zero-order valence-electron chi connectivity index (χ0n) is 29.1. The van der Waals surface area contributed by atoms with Gasteiger partial charge in [0, 0.05) is 27.8 Å². The lowest BCUT2D eigenvalue weighted by molar-refractivity contribution is 0.436. The molecule has 0 N–H and O–H groups in total. The van der Waals surface area contributed by atoms with Gasteiger partial charge in [-0.25, -0.2) is 15.0 Å². The second-order valence-corrected chi connectivity index (χ2v) is 13.9. The van der Waals surface area contributed by atoms with Crippen molar-refractivity contribution in [2.45, 2.75) is 5.41 Å². The first-order valence-electron chi connectivity index (χ1n) is 18.3. The molecular weight excluding hydrogens is 659 g/mol. The molecule has 11 rings (SSSR count). The van der Waals surface area contributed by atoms with Gasteiger partial charge in [0.25, 0.3) is 0 Å². The highest BCUT2D eigenvalue weighted by atomic mass is 16.5. The van der Waals surface area contributed by atoms with E-state index in [2.05, 4.69) is 127 Å². The molecule has 8 aromatic carbocycles. The third-order valence-corrected chi connectivity index (χ3v) is 11.0. The van der Waals surface area contributed by atoms with Gasteiger partial charge in [0.05, 0.1) is 5.41 Å². The predicted octanol–water partition coefficient (Wildman–Crippen LogP) is 12.2. The first kappa shape index (κ1) is 30.5. The minimum absolute atomic E-state index is 0.476. The second-order valence-electron chi connectivity index (χ2n) is 13.9. The summed E-state index contributed by atoms with van der Waals surface area (Å²) in [6.45, 7) is 0. The van der Waals surface area contributed by atoms with Crippen molar-refractivity contribution in [3.05, 3.63) is 210 Å². The topological polar surface area (TPSA) is 47.9 Å². The third-order valence-electron chi connectivity index (χ3n) is 11.0. The maximum atomic E-state index is 6.52. The van der Waals surface area contributed by atoms with Crippen LogP contribution in [0.15, 0.2) is 188 Å². The van der Waals surface area contributed by atoms with E-state index in [4.69, 9.17) is 19.7 Å². The van der Waals surface area contributed by atoms with Gasteiger partial charge < -0.3 is 4.74 Å². The van der Waals surface area contributed by atoms with E-state index in [1.54, 1.807) is 0 Å². The van der Waals surface area contributed by atoms with Crippen molar-refractivity contribution >= 4 is 10.8 Å². The normalized spacial score (nSPS) is 13.1. The van der Waals surface area contributed by atoms with Crippen LogP contribution in [0.2, 0.25) is 0 Å². The number of benzene rings is 8. The summed E-state index contributed by atoms with van der Waals surface area (Å²) in [6.07, 6.45) is 0. The summed E-state index contributed by atoms with van der Waals surface area (Å²) < 4.78 is 6.52. The van der Waals surface area contributed by atoms with Gasteiger partial charge in [0.15, 0.2) is 17.5 Å². The van der Waals surface area contributed by atoms with E-state index in [0.29, 0.717) is 17.5 Å². The van der Waals surface area contributed by atoms with Crippen molar-refractivity contribution in [3.8, 4) is 67.9 Å². The van der Waals surface area contributed by atoms with Crippen LogP contribution in [-0.4, -0.2) is 15.0 Å². The molecule has 2 heterocycles. The Bertz CT molecular complexity index is 2820. The van der Waals surface area contributed by atoms with Crippen molar-refractivity contribution in [2.75, 3.05) is 0 Å². The SMILES string of the molecule is c1ccc(-c2nc(-c3ccccc3)nc(-c3cccc4cc(-c5ccc6c(c5)-c5ccccc5C65c6ccccc6Oc6ccccc65)ccc34)n2)cc1. The summed E-state index contributed by atoms with van der Waals surface area (Å²) in [4.78, 5) is 15.0. The van der Waals surface area contributed by atoms with E-state index < -0.39 is 5.41 Å². The maximum Gasteiger partial charge on any atom is 0.164 e. The van der Waals surface area contributed by atoms with Gasteiger partial charge in [-0.2, -0.15) is 0 Å². The van der Waals surface area contributed by atoms with Crippen LogP contribution in [0.4, 0.5) is 0 Å². The van der Waals surface area contributed by atoms with Crippen LogP contribution in [0.3, 0.4) is 0 Å². The largest absolute Gasteiger partial charge is 0.457 e. The van der Waals surface area contributed by atoms with E-state index in [0.717, 1.165) is 44.5 Å². The monoisotopic (exact) mass is 689 g/mol. The third kappa shape index (κ3) is 4.53. The van der Waals surface area contributed by atoms with Crippen LogP contribution in [0.25, 0.3) is 67.2 Å². The van der Waals surface area contributed by atoms with Crippen molar-refractivity contribution in [2.24, 2.45) is 0 Å². The summed E-state index contributed by atoms with van der Waals surface area (Å²) in [7, 11) is 0. The molecule has 0 unspecified atom stereocenters. The molecular formula is C50H31N3O. The molecule has 0 radical (unpaired) electrons. The number of ether oxygens (including phenoxy) is 1. The average Bonchev–Trinajstić information content (AvgIpc) is 3.53. The Morgan fingerprint density at radius 2 is 0.852 bits per heavy atom. The number of fused-ring (bicyclic) bond motifs is 10. The molecule has 4 nitrogen and oxygen atoms in total. The molecule has 54 heavy (non-hydrogen) atoms. The van der Waals surface area contributed by atoms with Gasteiger partial charge in [-0.15, -0.1) is 0 Å². The number of aromatic nitrogens is 3. The fourth-order valence-electron chi connectivity index (χ4n) is 8.63. The Morgan fingerprint density at radius 3 is 1.54 bits per heavy atom. The fourth-order valence-corrected chi connectivity index (χ4v) is 8.63. The van der Waals surface area contributed by atoms with Crippen LogP contribution in [-0.2, 0) is 5.41 Å². The second kappa shape index (κ2) is 11.9. The fraction of sp³-hybridized carbons (Fsp3) is 0.0200. The molecule has 1 aromatic heterocycles. The predicted molar refractivity (Wildman–Crippen MR) is 216 cm³/mol. The zero-order chi connectivity index (χ0) is 35.6. The molecule has 9 aromatic rings. The summed E-state index contributed by atoms with van der Waals surface area (Å²) in [5.41, 5.74) is 12.1. The van der Waals surface area contributed by atoms with E-state index in [1.165, 1.54) is 38.9 Å². The Kier molecular flexibility index (Phi) is 6.73. The minimum Gasteiger partial charge on any atom is -0.457 e. The van der Waals surface area contributed by atoms with Crippen molar-refractivity contribution in [3.63, 3.8) is 0 Å². The highest BCUT2D eigenvalue weighted by molar-refractivity contribution is 5.98. The molecule has 1 spiro atoms. The molecule has 2 aliphatic rings. The summed E-state index contributed by atoms with van der Waals surface area (Å²) in [5.74, 6) is 3.76. The lowest BCUT2D eigenvalue weighted by atomic mass is 9.66. The van der Waals surface area contributed by atoms with Gasteiger partial charge in [-0.05, 0) is 68.4 Å². The summed E-state index contributed by atoms with van der Waals surface area (Å²) in [6, 6.07) is 66.2. The molecule has 0 saturated carbocycles. The first-order valence-corrected chi connectivity index (χ1v) is 18.3. The highest BCUT2D eigenvalue weighted by Crippen LogP contribution is 2.62. The summed E-state index contributed by atoms with van der Waals surface area (Å²) in [5, 5.41) is 2.21. The number of hydrogen-bond acceptors (Lipinski definition) is 4. The minimum atomic E-state index is -0.476. The standard InChI is InChI=1S/C50H31N3O/c1-3-14-32(15-4-1)47-51-48(33-16-5-2-6-17-33)53-49(52-47)39-20-13-18-36-30-34(26-28-37(36)39)35-27-29-42-40(31-35)38-19-7-8-21-41(38)50(42)43-22-9-11-24-45(43)54-46-25-12-10-23-44(46)50/h1-31H. The van der Waals surface area contributed by atoms with Gasteiger partial charge in [0.2, 0.25) is 0 Å². The van der Waals surface area contributed by atoms with Gasteiger partial charge >= 0.3 is 0 Å². The lowest BCUT2D eigenvalue weighted by Crippen LogP contribution is -2.32.